The van der Waals surface area contributed by atoms with E-state index in [0.29, 0.717) is 6.07 Å². The van der Waals surface area contributed by atoms with Crippen LogP contribution in [0.25, 0.3) is 0 Å². The highest BCUT2D eigenvalue weighted by Crippen LogP contribution is 2.31. The van der Waals surface area contributed by atoms with Gasteiger partial charge in [-0.15, -0.1) is 0 Å². The number of hydrogen-bond acceptors (Lipinski definition) is 3. The molecule has 0 aliphatic heterocycles. The molecule has 0 heterocycles. The Bertz CT molecular complexity index is 458. The number of carboxylic acids is 2. The lowest BCUT2D eigenvalue weighted by molar-refractivity contribution is -0.150. The van der Waals surface area contributed by atoms with E-state index in [1.807, 2.05) is 0 Å². The van der Waals surface area contributed by atoms with E-state index in [2.05, 4.69) is 4.74 Å². The molecule has 0 aliphatic rings. The molecule has 0 unspecified atom stereocenters. The fourth-order valence-electron chi connectivity index (χ4n) is 1.36. The third-order valence-corrected chi connectivity index (χ3v) is 2.06. The molecule has 7 heteroatoms. The van der Waals surface area contributed by atoms with Crippen LogP contribution in [0.4, 0.5) is 8.78 Å². The van der Waals surface area contributed by atoms with Gasteiger partial charge in [-0.2, -0.15) is 0 Å². The van der Waals surface area contributed by atoms with E-state index in [1.54, 1.807) is 0 Å². The molecule has 2 N–H and O–H groups in total. The van der Waals surface area contributed by atoms with Gasteiger partial charge in [-0.05, 0) is 0 Å². The van der Waals surface area contributed by atoms with Gasteiger partial charge in [-0.25, -0.2) is 8.78 Å². The number of carboxylic acid groups (broad SMARTS) is 2. The summed E-state index contributed by atoms with van der Waals surface area (Å²) in [5.74, 6) is -8.40. The molecule has 0 atom stereocenters. The quantitative estimate of drug-likeness (QED) is 0.780. The normalized spacial score (nSPS) is 10.4. The third kappa shape index (κ3) is 2.49. The minimum Gasteiger partial charge on any atom is -0.496 e. The van der Waals surface area contributed by atoms with Gasteiger partial charge in [0, 0.05) is 12.1 Å². The Morgan fingerprint density at radius 3 is 2.18 bits per heavy atom. The Labute approximate surface area is 94.2 Å². The average molecular weight is 246 g/mol. The van der Waals surface area contributed by atoms with Crippen molar-refractivity contribution < 1.29 is 33.3 Å². The van der Waals surface area contributed by atoms with E-state index in [1.165, 1.54) is 0 Å². The SMILES string of the molecule is COc1cc(F)cc(F)c1C(C(=O)O)C(=O)O. The molecule has 17 heavy (non-hydrogen) atoms. The van der Waals surface area contributed by atoms with Crippen molar-refractivity contribution in [2.75, 3.05) is 7.11 Å². The molecule has 0 saturated carbocycles. The van der Waals surface area contributed by atoms with E-state index in [9.17, 15) is 18.4 Å². The van der Waals surface area contributed by atoms with Crippen molar-refractivity contribution in [2.45, 2.75) is 5.92 Å². The second kappa shape index (κ2) is 4.77. The van der Waals surface area contributed by atoms with Gasteiger partial charge in [0.05, 0.1) is 12.7 Å². The predicted molar refractivity (Wildman–Crippen MR) is 50.9 cm³/mol. The van der Waals surface area contributed by atoms with Crippen molar-refractivity contribution in [3.63, 3.8) is 0 Å². The Morgan fingerprint density at radius 2 is 1.76 bits per heavy atom. The molecule has 0 aromatic heterocycles. The number of carbonyl (C=O) groups is 2. The molecular formula is C10H8F2O5. The van der Waals surface area contributed by atoms with E-state index in [4.69, 9.17) is 10.2 Å². The van der Waals surface area contributed by atoms with Crippen LogP contribution in [-0.2, 0) is 9.59 Å². The second-order valence-corrected chi connectivity index (χ2v) is 3.11. The summed E-state index contributed by atoms with van der Waals surface area (Å²) in [6.07, 6.45) is 0. The standard InChI is InChI=1S/C10H8F2O5/c1-17-6-3-4(11)2-5(12)7(6)8(9(13)14)10(15)16/h2-3,8H,1H3,(H,13,14)(H,15,16). The number of ether oxygens (including phenoxy) is 1. The predicted octanol–water partition coefficient (Wildman–Crippen LogP) is 1.23. The summed E-state index contributed by atoms with van der Waals surface area (Å²) in [5.41, 5.74) is -0.714. The molecule has 0 radical (unpaired) electrons. The third-order valence-electron chi connectivity index (χ3n) is 2.06. The van der Waals surface area contributed by atoms with Gasteiger partial charge in [0.1, 0.15) is 17.4 Å². The number of hydrogen-bond donors (Lipinski definition) is 2. The van der Waals surface area contributed by atoms with E-state index >= 15 is 0 Å². The van der Waals surface area contributed by atoms with Gasteiger partial charge in [0.15, 0.2) is 5.92 Å². The second-order valence-electron chi connectivity index (χ2n) is 3.11. The van der Waals surface area contributed by atoms with Crippen LogP contribution in [0.5, 0.6) is 5.75 Å². The zero-order valence-corrected chi connectivity index (χ0v) is 8.61. The molecule has 1 aromatic carbocycles. The Morgan fingerprint density at radius 1 is 1.24 bits per heavy atom. The zero-order chi connectivity index (χ0) is 13.2. The van der Waals surface area contributed by atoms with Crippen LogP contribution in [0.1, 0.15) is 11.5 Å². The lowest BCUT2D eigenvalue weighted by Gasteiger charge is -2.13. The monoisotopic (exact) mass is 246 g/mol. The van der Waals surface area contributed by atoms with E-state index < -0.39 is 40.8 Å². The maximum Gasteiger partial charge on any atom is 0.322 e. The van der Waals surface area contributed by atoms with Crippen LogP contribution in [0.3, 0.4) is 0 Å². The van der Waals surface area contributed by atoms with Crippen molar-refractivity contribution >= 4 is 11.9 Å². The van der Waals surface area contributed by atoms with Crippen molar-refractivity contribution in [3.05, 3.63) is 29.3 Å². The molecule has 0 amide bonds. The first kappa shape index (κ1) is 12.9. The van der Waals surface area contributed by atoms with E-state index in [-0.39, 0.29) is 0 Å². The van der Waals surface area contributed by atoms with Gasteiger partial charge >= 0.3 is 11.9 Å². The molecular weight excluding hydrogens is 238 g/mol. The maximum atomic E-state index is 13.4. The van der Waals surface area contributed by atoms with Gasteiger partial charge < -0.3 is 14.9 Å². The first-order chi connectivity index (χ1) is 7.88. The Hall–Kier alpha value is -2.18. The number of rotatable bonds is 4. The largest absolute Gasteiger partial charge is 0.496 e. The van der Waals surface area contributed by atoms with Crippen LogP contribution < -0.4 is 4.74 Å². The van der Waals surface area contributed by atoms with Crippen molar-refractivity contribution in [2.24, 2.45) is 0 Å². The lowest BCUT2D eigenvalue weighted by Crippen LogP contribution is -2.23. The molecule has 0 aliphatic carbocycles. The fourth-order valence-corrected chi connectivity index (χ4v) is 1.36. The fraction of sp³-hybridized carbons (Fsp3) is 0.200. The van der Waals surface area contributed by atoms with Gasteiger partial charge in [-0.1, -0.05) is 0 Å². The molecule has 1 rings (SSSR count). The topological polar surface area (TPSA) is 83.8 Å². The summed E-state index contributed by atoms with van der Waals surface area (Å²) in [5, 5.41) is 17.4. The highest BCUT2D eigenvalue weighted by molar-refractivity contribution is 5.99. The van der Waals surface area contributed by atoms with Crippen LogP contribution in [-0.4, -0.2) is 29.3 Å². The summed E-state index contributed by atoms with van der Waals surface area (Å²) in [7, 11) is 1.05. The minimum atomic E-state index is -2.15. The minimum absolute atomic E-state index is 0.400. The average Bonchev–Trinajstić information content (AvgIpc) is 2.20. The number of aliphatic carboxylic acids is 2. The Kier molecular flexibility index (Phi) is 3.62. The first-order valence-corrected chi connectivity index (χ1v) is 4.37. The lowest BCUT2D eigenvalue weighted by atomic mass is 9.97. The van der Waals surface area contributed by atoms with Crippen LogP contribution in [0.15, 0.2) is 12.1 Å². The highest BCUT2D eigenvalue weighted by Gasteiger charge is 2.34. The van der Waals surface area contributed by atoms with Crippen LogP contribution in [0, 0.1) is 11.6 Å². The van der Waals surface area contributed by atoms with Gasteiger partial charge in [0.25, 0.3) is 0 Å². The number of halogens is 2. The molecule has 0 spiro atoms. The molecule has 1 aromatic rings. The Balaban J connectivity index is 3.47. The van der Waals surface area contributed by atoms with Crippen molar-refractivity contribution in [1.82, 2.24) is 0 Å². The highest BCUT2D eigenvalue weighted by atomic mass is 19.1. The van der Waals surface area contributed by atoms with Gasteiger partial charge in [-0.3, -0.25) is 9.59 Å². The van der Waals surface area contributed by atoms with Crippen molar-refractivity contribution in [3.8, 4) is 5.75 Å². The molecule has 5 nitrogen and oxygen atoms in total. The molecule has 92 valence electrons. The first-order valence-electron chi connectivity index (χ1n) is 4.37. The summed E-state index contributed by atoms with van der Waals surface area (Å²) in [6.45, 7) is 0. The molecule has 0 bridgehead atoms. The smallest absolute Gasteiger partial charge is 0.322 e. The summed E-state index contributed by atoms with van der Waals surface area (Å²) >= 11 is 0. The van der Waals surface area contributed by atoms with Crippen LogP contribution in [0.2, 0.25) is 0 Å². The molecule has 0 fully saturated rings. The maximum absolute atomic E-state index is 13.4. The summed E-state index contributed by atoms with van der Waals surface area (Å²) in [4.78, 5) is 21.5. The zero-order valence-electron chi connectivity index (χ0n) is 8.61. The summed E-state index contributed by atoms with van der Waals surface area (Å²) in [6, 6.07) is 1.12. The summed E-state index contributed by atoms with van der Waals surface area (Å²) < 4.78 is 30.8. The number of benzene rings is 1. The van der Waals surface area contributed by atoms with E-state index in [0.717, 1.165) is 13.2 Å². The van der Waals surface area contributed by atoms with Crippen LogP contribution >= 0.6 is 0 Å². The molecule has 0 saturated heterocycles. The van der Waals surface area contributed by atoms with Gasteiger partial charge in [0.2, 0.25) is 0 Å². The number of methoxy groups -OCH3 is 1. The van der Waals surface area contributed by atoms with Crippen molar-refractivity contribution in [1.29, 1.82) is 0 Å².